The highest BCUT2D eigenvalue weighted by atomic mass is 79.9. The van der Waals surface area contributed by atoms with Gasteiger partial charge in [0.1, 0.15) is 5.75 Å². The lowest BCUT2D eigenvalue weighted by Gasteiger charge is -2.38. The molecule has 6 heteroatoms. The van der Waals surface area contributed by atoms with Gasteiger partial charge in [0.05, 0.1) is 31.5 Å². The van der Waals surface area contributed by atoms with Crippen molar-refractivity contribution in [2.24, 2.45) is 5.10 Å². The van der Waals surface area contributed by atoms with Crippen LogP contribution in [0.25, 0.3) is 0 Å². The van der Waals surface area contributed by atoms with Gasteiger partial charge < -0.3 is 14.2 Å². The van der Waals surface area contributed by atoms with Crippen molar-refractivity contribution in [3.8, 4) is 17.2 Å². The maximum Gasteiger partial charge on any atom is 0.217 e. The molecule has 152 valence electrons. The first-order chi connectivity index (χ1) is 14.7. The Bertz CT molecular complexity index is 1110. The average molecular weight is 465 g/mol. The number of halogens is 1. The van der Waals surface area contributed by atoms with E-state index < -0.39 is 6.23 Å². The fourth-order valence-electron chi connectivity index (χ4n) is 4.16. The van der Waals surface area contributed by atoms with Gasteiger partial charge in [-0.3, -0.25) is 0 Å². The second-order valence-electron chi connectivity index (χ2n) is 7.24. The minimum Gasteiger partial charge on any atom is -0.493 e. The first-order valence-corrected chi connectivity index (χ1v) is 10.6. The van der Waals surface area contributed by atoms with Gasteiger partial charge in [0.2, 0.25) is 6.23 Å². The zero-order valence-corrected chi connectivity index (χ0v) is 18.3. The Labute approximate surface area is 184 Å². The smallest absolute Gasteiger partial charge is 0.217 e. The molecule has 5 nitrogen and oxygen atoms in total. The highest BCUT2D eigenvalue weighted by Gasteiger charge is 2.42. The minimum absolute atomic E-state index is 0.0921. The average Bonchev–Trinajstić information content (AvgIpc) is 3.24. The summed E-state index contributed by atoms with van der Waals surface area (Å²) in [4.78, 5) is 0. The molecule has 0 saturated carbocycles. The number of methoxy groups -OCH3 is 2. The van der Waals surface area contributed by atoms with Gasteiger partial charge >= 0.3 is 0 Å². The summed E-state index contributed by atoms with van der Waals surface area (Å²) in [7, 11) is 3.29. The number of hydrogen-bond acceptors (Lipinski definition) is 5. The van der Waals surface area contributed by atoms with Crippen LogP contribution in [-0.4, -0.2) is 24.9 Å². The van der Waals surface area contributed by atoms with Crippen LogP contribution in [0.4, 0.5) is 0 Å². The van der Waals surface area contributed by atoms with E-state index in [1.165, 1.54) is 0 Å². The molecule has 0 aliphatic carbocycles. The zero-order valence-electron chi connectivity index (χ0n) is 16.7. The Morgan fingerprint density at radius 3 is 2.47 bits per heavy atom. The number of para-hydroxylation sites is 2. The van der Waals surface area contributed by atoms with Crippen molar-refractivity contribution in [3.63, 3.8) is 0 Å². The predicted octanol–water partition coefficient (Wildman–Crippen LogP) is 5.71. The molecule has 0 bridgehead atoms. The fraction of sp³-hybridized carbons (Fsp3) is 0.208. The van der Waals surface area contributed by atoms with Crippen molar-refractivity contribution >= 4 is 21.6 Å². The minimum atomic E-state index is -0.414. The van der Waals surface area contributed by atoms with E-state index in [9.17, 15) is 0 Å². The molecular formula is C24H21BrN2O3. The van der Waals surface area contributed by atoms with Crippen LogP contribution in [0.5, 0.6) is 17.2 Å². The lowest BCUT2D eigenvalue weighted by molar-refractivity contribution is -0.0205. The van der Waals surface area contributed by atoms with Crippen LogP contribution in [0.1, 0.15) is 35.4 Å². The summed E-state index contributed by atoms with van der Waals surface area (Å²) in [5, 5.41) is 7.06. The largest absolute Gasteiger partial charge is 0.493 e. The summed E-state index contributed by atoms with van der Waals surface area (Å²) < 4.78 is 18.7. The maximum atomic E-state index is 6.45. The molecule has 2 aliphatic rings. The van der Waals surface area contributed by atoms with E-state index in [2.05, 4.69) is 39.1 Å². The van der Waals surface area contributed by atoms with E-state index in [-0.39, 0.29) is 6.04 Å². The van der Waals surface area contributed by atoms with Gasteiger partial charge in [-0.05, 0) is 35.9 Å². The van der Waals surface area contributed by atoms with Crippen molar-refractivity contribution in [3.05, 3.63) is 87.9 Å². The Morgan fingerprint density at radius 1 is 0.933 bits per heavy atom. The van der Waals surface area contributed by atoms with E-state index in [1.54, 1.807) is 14.2 Å². The number of nitrogens with zero attached hydrogens (tertiary/aromatic N) is 2. The molecule has 2 aliphatic heterocycles. The number of benzene rings is 3. The molecular weight excluding hydrogens is 444 g/mol. The first-order valence-electron chi connectivity index (χ1n) is 9.78. The molecule has 2 atom stereocenters. The quantitative estimate of drug-likeness (QED) is 0.495. The predicted molar refractivity (Wildman–Crippen MR) is 119 cm³/mol. The van der Waals surface area contributed by atoms with Gasteiger partial charge in [-0.1, -0.05) is 52.3 Å². The van der Waals surface area contributed by atoms with Crippen molar-refractivity contribution < 1.29 is 14.2 Å². The highest BCUT2D eigenvalue weighted by Crippen LogP contribution is 2.49. The van der Waals surface area contributed by atoms with Crippen LogP contribution >= 0.6 is 15.9 Å². The van der Waals surface area contributed by atoms with Gasteiger partial charge in [0.15, 0.2) is 11.5 Å². The van der Waals surface area contributed by atoms with E-state index in [1.807, 2.05) is 48.5 Å². The van der Waals surface area contributed by atoms with Gasteiger partial charge in [-0.15, -0.1) is 0 Å². The van der Waals surface area contributed by atoms with Gasteiger partial charge in [0.25, 0.3) is 0 Å². The maximum absolute atomic E-state index is 6.45. The molecule has 0 fully saturated rings. The molecule has 3 aromatic rings. The third-order valence-electron chi connectivity index (χ3n) is 5.58. The van der Waals surface area contributed by atoms with Crippen molar-refractivity contribution in [1.29, 1.82) is 0 Å². The van der Waals surface area contributed by atoms with Crippen LogP contribution in [0, 0.1) is 0 Å². The second kappa shape index (κ2) is 7.69. The molecule has 3 aromatic carbocycles. The van der Waals surface area contributed by atoms with Gasteiger partial charge in [-0.2, -0.15) is 5.10 Å². The van der Waals surface area contributed by atoms with E-state index >= 15 is 0 Å². The van der Waals surface area contributed by atoms with Crippen LogP contribution in [0.2, 0.25) is 0 Å². The third-order valence-corrected chi connectivity index (χ3v) is 6.10. The number of hydrogen-bond donors (Lipinski definition) is 0. The molecule has 5 rings (SSSR count). The van der Waals surface area contributed by atoms with E-state index in [4.69, 9.17) is 19.3 Å². The van der Waals surface area contributed by atoms with Crippen LogP contribution in [0.3, 0.4) is 0 Å². The van der Waals surface area contributed by atoms with Crippen LogP contribution in [0.15, 0.2) is 76.3 Å². The lowest BCUT2D eigenvalue weighted by atomic mass is 9.96. The molecule has 0 spiro atoms. The number of hydrazone groups is 1. The number of rotatable bonds is 4. The summed E-state index contributed by atoms with van der Waals surface area (Å²) in [5.41, 5.74) is 4.18. The third kappa shape index (κ3) is 3.12. The number of ether oxygens (including phenoxy) is 3. The Morgan fingerprint density at radius 2 is 1.70 bits per heavy atom. The highest BCUT2D eigenvalue weighted by molar-refractivity contribution is 9.10. The monoisotopic (exact) mass is 464 g/mol. The SMILES string of the molecule is COc1cccc([C@@H]2Oc3ccccc3[C@@H]3CC(c4ccc(Br)cc4)=NN32)c1OC. The molecule has 30 heavy (non-hydrogen) atoms. The van der Waals surface area contributed by atoms with Gasteiger partial charge in [-0.25, -0.2) is 5.01 Å². The summed E-state index contributed by atoms with van der Waals surface area (Å²) in [6, 6.07) is 22.4. The van der Waals surface area contributed by atoms with Crippen molar-refractivity contribution in [2.45, 2.75) is 18.7 Å². The Balaban J connectivity index is 1.62. The molecule has 0 radical (unpaired) electrons. The second-order valence-corrected chi connectivity index (χ2v) is 8.16. The van der Waals surface area contributed by atoms with Crippen LogP contribution in [-0.2, 0) is 0 Å². The molecule has 0 amide bonds. The molecule has 2 heterocycles. The molecule has 0 aromatic heterocycles. The van der Waals surface area contributed by atoms with E-state index in [0.29, 0.717) is 11.5 Å². The summed E-state index contributed by atoms with van der Waals surface area (Å²) in [6.45, 7) is 0. The molecule has 0 N–H and O–H groups in total. The Kier molecular flexibility index (Phi) is 4.87. The topological polar surface area (TPSA) is 43.3 Å². The van der Waals surface area contributed by atoms with Crippen molar-refractivity contribution in [1.82, 2.24) is 5.01 Å². The summed E-state index contributed by atoms with van der Waals surface area (Å²) >= 11 is 3.51. The zero-order chi connectivity index (χ0) is 20.7. The lowest BCUT2D eigenvalue weighted by Crippen LogP contribution is -2.34. The standard InChI is InChI=1S/C24H21BrN2O3/c1-28-22-9-5-7-18(23(22)29-2)24-27-20(17-6-3-4-8-21(17)30-24)14-19(26-27)15-10-12-16(25)13-11-15/h3-13,20,24H,14H2,1-2H3/t20-,24-/m0/s1. The van der Waals surface area contributed by atoms with Crippen molar-refractivity contribution in [2.75, 3.05) is 14.2 Å². The van der Waals surface area contributed by atoms with Gasteiger partial charge in [0, 0.05) is 16.5 Å². The first kappa shape index (κ1) is 19.0. The molecule has 0 saturated heterocycles. The van der Waals surface area contributed by atoms with Crippen LogP contribution < -0.4 is 14.2 Å². The van der Waals surface area contributed by atoms with E-state index in [0.717, 1.165) is 39.0 Å². The summed E-state index contributed by atoms with van der Waals surface area (Å²) in [6.07, 6.45) is 0.396. The number of fused-ring (bicyclic) bond motifs is 3. The molecule has 0 unspecified atom stereocenters. The summed E-state index contributed by atoms with van der Waals surface area (Å²) in [5.74, 6) is 2.21. The normalized spacial score (nSPS) is 19.4. The Hall–Kier alpha value is -2.99. The fourth-order valence-corrected chi connectivity index (χ4v) is 4.43.